The van der Waals surface area contributed by atoms with Crippen LogP contribution in [-0.2, 0) is 95.9 Å². The Morgan fingerprint density at radius 2 is 0.302 bits per heavy atom. The number of nitrogens with zero attached hydrogens (tertiary/aromatic N) is 2. The van der Waals surface area contributed by atoms with E-state index in [2.05, 4.69) is 86.8 Å². The predicted octanol–water partition coefficient (Wildman–Crippen LogP) is -9.76. The summed E-state index contributed by atoms with van der Waals surface area (Å²) in [4.78, 5) is 247. The lowest BCUT2D eigenvalue weighted by molar-refractivity contribution is -0.133. The molecular weight excluding hydrogens is 1280 g/mol. The molecular formula is C54H92N22O20. The summed E-state index contributed by atoms with van der Waals surface area (Å²) in [6.07, 6.45) is -1.43. The highest BCUT2D eigenvalue weighted by Gasteiger charge is 2.22. The maximum absolute atomic E-state index is 13.3. The molecule has 0 aromatic heterocycles. The van der Waals surface area contributed by atoms with Crippen LogP contribution in [0.4, 0.5) is 0 Å². The van der Waals surface area contributed by atoms with Crippen LogP contribution in [0.5, 0.6) is 0 Å². The molecule has 0 heterocycles. The summed E-state index contributed by atoms with van der Waals surface area (Å²) in [6.45, 7) is -4.38. The second-order valence-corrected chi connectivity index (χ2v) is 21.0. The molecule has 42 nitrogen and oxygen atoms in total. The Morgan fingerprint density at radius 1 is 0.177 bits per heavy atom. The monoisotopic (exact) mass is 1370 g/mol. The third-order valence-electron chi connectivity index (χ3n) is 12.6. The Hall–Kier alpha value is -10.0. The van der Waals surface area contributed by atoms with Crippen molar-refractivity contribution in [2.45, 2.75) is 154 Å². The number of hydrazine groups is 8. The Labute approximate surface area is 551 Å². The minimum Gasteiger partial charge on any atom is -0.324 e. The van der Waals surface area contributed by atoms with E-state index in [4.69, 9.17) is 22.9 Å². The number of nitrogens with one attached hydrogen (secondary N) is 16. The van der Waals surface area contributed by atoms with E-state index in [9.17, 15) is 95.9 Å². The molecule has 0 aliphatic rings. The first-order valence-electron chi connectivity index (χ1n) is 30.6. The van der Waals surface area contributed by atoms with Gasteiger partial charge in [-0.15, -0.1) is 0 Å². The zero-order valence-corrected chi connectivity index (χ0v) is 53.4. The molecule has 0 aliphatic carbocycles. The van der Waals surface area contributed by atoms with E-state index < -0.39 is 121 Å². The molecule has 16 amide bonds. The van der Waals surface area contributed by atoms with Crippen molar-refractivity contribution >= 4 is 118 Å². The SMILES string of the molecule is NCC(=O)CCC(=O)NNC(=O)CCCCC(=O)NNC(=O)CN(CCN(CC(=O)NNC(=O)CCCCC(=O)NNC(=O)CCC(=O)CN)CC(=O)NNC(=O)CCCCC(=O)NNC(=O)CCC(=O)CN)CC(=O)NNC(=O)CCCCC(=O)NNC(=O)CCC(=O)CN. The van der Waals surface area contributed by atoms with Gasteiger partial charge < -0.3 is 22.9 Å². The predicted molar refractivity (Wildman–Crippen MR) is 330 cm³/mol. The van der Waals surface area contributed by atoms with Gasteiger partial charge >= 0.3 is 0 Å². The second kappa shape index (κ2) is 53.3. The van der Waals surface area contributed by atoms with Crippen molar-refractivity contribution < 1.29 is 95.9 Å². The molecule has 0 saturated heterocycles. The highest BCUT2D eigenvalue weighted by atomic mass is 16.2. The fourth-order valence-corrected chi connectivity index (χ4v) is 7.25. The third-order valence-corrected chi connectivity index (χ3v) is 12.6. The molecule has 24 N–H and O–H groups in total. The topological polar surface area (TPSA) is 644 Å². The zero-order chi connectivity index (χ0) is 72.1. The minimum absolute atomic E-state index is 0.118. The van der Waals surface area contributed by atoms with Crippen LogP contribution in [0.2, 0.25) is 0 Å². The molecule has 0 radical (unpaired) electrons. The first kappa shape index (κ1) is 86.0. The molecule has 0 aliphatic heterocycles. The Bertz CT molecular complexity index is 2330. The van der Waals surface area contributed by atoms with Crippen molar-refractivity contribution in [2.24, 2.45) is 22.9 Å². The van der Waals surface area contributed by atoms with E-state index in [1.807, 2.05) is 0 Å². The molecule has 42 heteroatoms. The molecule has 0 rings (SSSR count). The fraction of sp³-hybridized carbons (Fsp3) is 0.630. The molecule has 0 saturated carbocycles. The number of nitrogens with two attached hydrogens (primary N) is 4. The van der Waals surface area contributed by atoms with Crippen LogP contribution < -0.4 is 110 Å². The highest BCUT2D eigenvalue weighted by Crippen LogP contribution is 2.04. The quantitative estimate of drug-likeness (QED) is 0.0199. The van der Waals surface area contributed by atoms with Crippen molar-refractivity contribution in [2.75, 3.05) is 65.4 Å². The van der Waals surface area contributed by atoms with Gasteiger partial charge in [0.15, 0.2) is 0 Å². The summed E-state index contributed by atoms with van der Waals surface area (Å²) in [7, 11) is 0. The first-order valence-corrected chi connectivity index (χ1v) is 30.6. The van der Waals surface area contributed by atoms with Gasteiger partial charge in [-0.25, -0.2) is 0 Å². The summed E-state index contributed by atoms with van der Waals surface area (Å²) in [5.41, 5.74) is 55.6. The first-order chi connectivity index (χ1) is 45.7. The van der Waals surface area contributed by atoms with E-state index >= 15 is 0 Å². The van der Waals surface area contributed by atoms with Gasteiger partial charge in [-0.2, -0.15) is 0 Å². The average molecular weight is 1370 g/mol. The van der Waals surface area contributed by atoms with Crippen LogP contribution in [0, 0.1) is 0 Å². The summed E-state index contributed by atoms with van der Waals surface area (Å²) >= 11 is 0. The van der Waals surface area contributed by atoms with Gasteiger partial charge in [-0.05, 0) is 51.4 Å². The molecule has 538 valence electrons. The van der Waals surface area contributed by atoms with Crippen molar-refractivity contribution in [3.05, 3.63) is 0 Å². The van der Waals surface area contributed by atoms with Gasteiger partial charge in [-0.1, -0.05) is 0 Å². The van der Waals surface area contributed by atoms with Crippen molar-refractivity contribution in [3.63, 3.8) is 0 Å². The smallest absolute Gasteiger partial charge is 0.252 e. The number of carbonyl (C=O) groups is 20. The Morgan fingerprint density at radius 3 is 0.438 bits per heavy atom. The van der Waals surface area contributed by atoms with E-state index in [-0.39, 0.29) is 217 Å². The maximum atomic E-state index is 13.3. The second-order valence-electron chi connectivity index (χ2n) is 21.0. The van der Waals surface area contributed by atoms with E-state index in [0.717, 1.165) is 9.80 Å². The number of ketones is 4. The lowest BCUT2D eigenvalue weighted by Crippen LogP contribution is -2.53. The van der Waals surface area contributed by atoms with Gasteiger partial charge in [-0.3, -0.25) is 193 Å². The lowest BCUT2D eigenvalue weighted by atomic mass is 10.2. The summed E-state index contributed by atoms with van der Waals surface area (Å²) in [5.74, 6) is -12.8. The van der Waals surface area contributed by atoms with Crippen LogP contribution in [0.15, 0.2) is 0 Å². The number of rotatable bonds is 47. The summed E-state index contributed by atoms with van der Waals surface area (Å²) in [6, 6.07) is 0. The van der Waals surface area contributed by atoms with Gasteiger partial charge in [0.05, 0.1) is 52.4 Å². The molecule has 96 heavy (non-hydrogen) atoms. The zero-order valence-electron chi connectivity index (χ0n) is 53.4. The van der Waals surface area contributed by atoms with Crippen LogP contribution in [0.3, 0.4) is 0 Å². The van der Waals surface area contributed by atoms with E-state index in [0.29, 0.717) is 0 Å². The largest absolute Gasteiger partial charge is 0.324 e. The fourth-order valence-electron chi connectivity index (χ4n) is 7.25. The van der Waals surface area contributed by atoms with Gasteiger partial charge in [0, 0.05) is 116 Å². The van der Waals surface area contributed by atoms with E-state index in [1.54, 1.807) is 0 Å². The third kappa shape index (κ3) is 50.5. The number of Topliss-reactive ketones (excluding diaryl/α,β-unsaturated/α-hetero) is 4. The van der Waals surface area contributed by atoms with Crippen LogP contribution in [0.1, 0.15) is 154 Å². The van der Waals surface area contributed by atoms with Crippen molar-refractivity contribution in [1.82, 2.24) is 96.6 Å². The number of hydrogen-bond donors (Lipinski definition) is 20. The molecule has 0 aromatic carbocycles. The maximum Gasteiger partial charge on any atom is 0.252 e. The number of hydrogen-bond acceptors (Lipinski definition) is 26. The van der Waals surface area contributed by atoms with Crippen molar-refractivity contribution in [1.29, 1.82) is 0 Å². The standard InChI is InChI=1S/C54H92N22O20/c55-27-35(77)17-21-47(89)67-59-39(81)9-1-5-13-43(85)63-71-51(93)31-75(32-52(94)72-64-44(86)14-6-2-10-40(82)60-68-48(90)22-18-36(78)28-56)25-26-76(33-53(95)73-65-45(87)15-7-3-11-41(83)61-69-49(91)23-19-37(79)29-57)34-54(96)74-66-46(88)16-8-4-12-42(84)62-70-50(92)24-20-38(80)30-58/h1-34,55-58H2,(H,59,81)(H,60,82)(H,61,83)(H,62,84)(H,63,85)(H,64,86)(H,65,87)(H,66,88)(H,67,89)(H,68,90)(H,69,91)(H,70,92)(H,71,93)(H,72,94)(H,73,95)(H,74,96). The van der Waals surface area contributed by atoms with Crippen LogP contribution in [0.25, 0.3) is 0 Å². The Kier molecular flexibility index (Phi) is 47.8. The molecule has 0 fully saturated rings. The summed E-state index contributed by atoms with van der Waals surface area (Å²) < 4.78 is 0. The van der Waals surface area contributed by atoms with E-state index in [1.165, 1.54) is 0 Å². The van der Waals surface area contributed by atoms with Gasteiger partial charge in [0.25, 0.3) is 23.6 Å². The number of carbonyl (C=O) groups excluding carboxylic acids is 20. The van der Waals surface area contributed by atoms with Gasteiger partial charge in [0.2, 0.25) is 70.9 Å². The number of amides is 16. The Balaban J connectivity index is 6.03. The average Bonchev–Trinajstić information content (AvgIpc) is 2.31. The lowest BCUT2D eigenvalue weighted by Gasteiger charge is -2.26. The molecule has 0 aromatic rings. The van der Waals surface area contributed by atoms with Crippen LogP contribution in [-0.4, -0.2) is 193 Å². The highest BCUT2D eigenvalue weighted by molar-refractivity contribution is 5.91. The molecule has 0 spiro atoms. The number of unbranched alkanes of at least 4 members (excludes halogenated alkanes) is 4. The van der Waals surface area contributed by atoms with Gasteiger partial charge in [0.1, 0.15) is 23.1 Å². The molecule has 0 atom stereocenters. The molecule has 0 bridgehead atoms. The van der Waals surface area contributed by atoms with Crippen LogP contribution >= 0.6 is 0 Å². The molecule has 0 unspecified atom stereocenters. The van der Waals surface area contributed by atoms with Crippen molar-refractivity contribution in [3.8, 4) is 0 Å². The normalized spacial score (nSPS) is 10.4. The minimum atomic E-state index is -0.915. The summed E-state index contributed by atoms with van der Waals surface area (Å²) in [5, 5.41) is 0.